The molecule has 4 heteroatoms. The first-order valence-corrected chi connectivity index (χ1v) is 13.1. The Balaban J connectivity index is 1.17. The third kappa shape index (κ3) is 6.87. The quantitative estimate of drug-likeness (QED) is 0.354. The van der Waals surface area contributed by atoms with E-state index in [1.54, 1.807) is 11.6 Å². The van der Waals surface area contributed by atoms with Gasteiger partial charge in [-0.2, -0.15) is 0 Å². The van der Waals surface area contributed by atoms with Crippen molar-refractivity contribution in [2.45, 2.75) is 51.4 Å². The van der Waals surface area contributed by atoms with E-state index in [0.29, 0.717) is 18.4 Å². The Morgan fingerprint density at radius 2 is 1.36 bits per heavy atom. The van der Waals surface area contributed by atoms with Crippen LogP contribution in [0.1, 0.15) is 51.4 Å². The van der Waals surface area contributed by atoms with Crippen molar-refractivity contribution in [2.75, 3.05) is 6.61 Å². The molecule has 0 heterocycles. The van der Waals surface area contributed by atoms with E-state index in [2.05, 4.69) is 18.2 Å². The van der Waals surface area contributed by atoms with Gasteiger partial charge in [0.25, 0.3) is 0 Å². The summed E-state index contributed by atoms with van der Waals surface area (Å²) in [6.07, 6.45) is 17.4. The summed E-state index contributed by atoms with van der Waals surface area (Å²) in [4.78, 5) is 0. The van der Waals surface area contributed by atoms with E-state index in [9.17, 15) is 4.39 Å². The highest BCUT2D eigenvalue weighted by Crippen LogP contribution is 2.42. The molecule has 0 atom stereocenters. The fourth-order valence-corrected chi connectivity index (χ4v) is 5.86. The Morgan fingerprint density at radius 3 is 1.94 bits per heavy atom. The van der Waals surface area contributed by atoms with Crippen molar-refractivity contribution in [3.63, 3.8) is 0 Å². The molecule has 0 radical (unpaired) electrons. The summed E-state index contributed by atoms with van der Waals surface area (Å²) in [5.41, 5.74) is 3.44. The first-order valence-electron chi connectivity index (χ1n) is 12.2. The Labute approximate surface area is 207 Å². The molecule has 176 valence electrons. The third-order valence-electron chi connectivity index (χ3n) is 7.51. The Bertz CT molecular complexity index is 937. The van der Waals surface area contributed by atoms with Gasteiger partial charge in [0.2, 0.25) is 0 Å². The first-order chi connectivity index (χ1) is 16.1. The lowest BCUT2D eigenvalue weighted by Gasteiger charge is -2.36. The van der Waals surface area contributed by atoms with Gasteiger partial charge in [-0.1, -0.05) is 59.6 Å². The molecule has 0 aliphatic heterocycles. The molecule has 2 aromatic rings. The van der Waals surface area contributed by atoms with E-state index in [1.165, 1.54) is 57.4 Å². The average molecular weight is 487 g/mol. The van der Waals surface area contributed by atoms with E-state index in [1.807, 2.05) is 30.3 Å². The molecule has 0 amide bonds. The number of hydrogen-bond acceptors (Lipinski definition) is 1. The number of ether oxygens (including phenoxy) is 1. The Kier molecular flexibility index (Phi) is 8.92. The standard InChI is InChI=1S/C29H33Cl2FO/c30-18-17-22-5-9-24(10-6-22)23-7-3-21(4-8-23)2-1-19-33-27-14-11-25(12-15-27)26-13-16-28(31)29(32)20-26/h1-2,11-18,20-24H,3-10,19H2/b2-1+,18-17+. The van der Waals surface area contributed by atoms with Gasteiger partial charge in [-0.05, 0) is 110 Å². The summed E-state index contributed by atoms with van der Waals surface area (Å²) in [6.45, 7) is 0.576. The molecule has 0 bridgehead atoms. The molecule has 0 unspecified atom stereocenters. The summed E-state index contributed by atoms with van der Waals surface area (Å²) in [5, 5.41) is 0.141. The zero-order valence-electron chi connectivity index (χ0n) is 19.1. The summed E-state index contributed by atoms with van der Waals surface area (Å²) < 4.78 is 19.6. The molecule has 2 saturated carbocycles. The fourth-order valence-electron chi connectivity index (χ4n) is 5.53. The topological polar surface area (TPSA) is 9.23 Å². The van der Waals surface area contributed by atoms with E-state index in [4.69, 9.17) is 27.9 Å². The number of rotatable bonds is 7. The lowest BCUT2D eigenvalue weighted by Crippen LogP contribution is -2.25. The van der Waals surface area contributed by atoms with Crippen molar-refractivity contribution in [1.82, 2.24) is 0 Å². The second-order valence-corrected chi connectivity index (χ2v) is 10.2. The van der Waals surface area contributed by atoms with E-state index in [0.717, 1.165) is 28.7 Å². The summed E-state index contributed by atoms with van der Waals surface area (Å²) in [5.74, 6) is 3.64. The van der Waals surface area contributed by atoms with Gasteiger partial charge in [0, 0.05) is 5.54 Å². The predicted octanol–water partition coefficient (Wildman–Crippen LogP) is 9.45. The van der Waals surface area contributed by atoms with Crippen LogP contribution in [-0.4, -0.2) is 6.61 Å². The van der Waals surface area contributed by atoms with Crippen LogP contribution in [0.25, 0.3) is 11.1 Å². The van der Waals surface area contributed by atoms with Crippen molar-refractivity contribution >= 4 is 23.2 Å². The van der Waals surface area contributed by atoms with Crippen LogP contribution in [0.4, 0.5) is 4.39 Å². The van der Waals surface area contributed by atoms with Crippen LogP contribution in [-0.2, 0) is 0 Å². The van der Waals surface area contributed by atoms with Crippen LogP contribution in [0.2, 0.25) is 5.02 Å². The van der Waals surface area contributed by atoms with Crippen LogP contribution < -0.4 is 4.74 Å². The zero-order chi connectivity index (χ0) is 23.0. The fraction of sp³-hybridized carbons (Fsp3) is 0.448. The minimum absolute atomic E-state index is 0.141. The highest BCUT2D eigenvalue weighted by molar-refractivity contribution is 6.30. The van der Waals surface area contributed by atoms with Crippen molar-refractivity contribution in [2.24, 2.45) is 23.7 Å². The highest BCUT2D eigenvalue weighted by atomic mass is 35.5. The van der Waals surface area contributed by atoms with Gasteiger partial charge in [-0.25, -0.2) is 4.39 Å². The van der Waals surface area contributed by atoms with Crippen molar-refractivity contribution < 1.29 is 9.13 Å². The molecule has 0 aromatic heterocycles. The van der Waals surface area contributed by atoms with Gasteiger partial charge >= 0.3 is 0 Å². The normalized spacial score (nSPS) is 26.2. The molecule has 0 saturated heterocycles. The van der Waals surface area contributed by atoms with Gasteiger partial charge in [0.05, 0.1) is 5.02 Å². The maximum Gasteiger partial charge on any atom is 0.142 e. The number of allylic oxidation sites excluding steroid dienone is 2. The number of benzene rings is 2. The SMILES string of the molecule is Fc1cc(-c2ccc(OC/C=C/C3CCC(C4CCC(/C=C/Cl)CC4)CC3)cc2)ccc1Cl. The van der Waals surface area contributed by atoms with Gasteiger partial charge in [-0.15, -0.1) is 0 Å². The first kappa shape index (κ1) is 24.4. The maximum absolute atomic E-state index is 13.7. The van der Waals surface area contributed by atoms with Crippen LogP contribution in [0.5, 0.6) is 5.75 Å². The summed E-state index contributed by atoms with van der Waals surface area (Å²) >= 11 is 11.5. The largest absolute Gasteiger partial charge is 0.490 e. The van der Waals surface area contributed by atoms with E-state index in [-0.39, 0.29) is 5.02 Å². The van der Waals surface area contributed by atoms with Gasteiger partial charge < -0.3 is 4.74 Å². The number of hydrogen-bond donors (Lipinski definition) is 0. The van der Waals surface area contributed by atoms with Gasteiger partial charge in [0.1, 0.15) is 18.2 Å². The molecule has 1 nitrogen and oxygen atoms in total. The molecular formula is C29H33Cl2FO. The lowest BCUT2D eigenvalue weighted by molar-refractivity contribution is 0.166. The van der Waals surface area contributed by atoms with Crippen LogP contribution in [0, 0.1) is 29.5 Å². The second-order valence-electron chi connectivity index (χ2n) is 9.56. The minimum Gasteiger partial charge on any atom is -0.490 e. The third-order valence-corrected chi connectivity index (χ3v) is 7.96. The summed E-state index contributed by atoms with van der Waals surface area (Å²) in [7, 11) is 0. The molecule has 33 heavy (non-hydrogen) atoms. The second kappa shape index (κ2) is 12.1. The molecule has 2 fully saturated rings. The smallest absolute Gasteiger partial charge is 0.142 e. The Morgan fingerprint density at radius 1 is 0.788 bits per heavy atom. The maximum atomic E-state index is 13.7. The van der Waals surface area contributed by atoms with Crippen molar-refractivity contribution in [3.8, 4) is 16.9 Å². The molecular weight excluding hydrogens is 454 g/mol. The van der Waals surface area contributed by atoms with Gasteiger partial charge in [-0.3, -0.25) is 0 Å². The van der Waals surface area contributed by atoms with E-state index >= 15 is 0 Å². The highest BCUT2D eigenvalue weighted by Gasteiger charge is 2.29. The van der Waals surface area contributed by atoms with Crippen LogP contribution >= 0.6 is 23.2 Å². The average Bonchev–Trinajstić information content (AvgIpc) is 2.85. The van der Waals surface area contributed by atoms with E-state index < -0.39 is 5.82 Å². The van der Waals surface area contributed by atoms with Crippen LogP contribution in [0.3, 0.4) is 0 Å². The molecule has 4 rings (SSSR count). The molecule has 2 aromatic carbocycles. The van der Waals surface area contributed by atoms with Crippen molar-refractivity contribution in [1.29, 1.82) is 0 Å². The van der Waals surface area contributed by atoms with Gasteiger partial charge in [0.15, 0.2) is 0 Å². The molecule has 0 N–H and O–H groups in total. The molecule has 0 spiro atoms. The van der Waals surface area contributed by atoms with Crippen molar-refractivity contribution in [3.05, 3.63) is 77.1 Å². The number of halogens is 3. The monoisotopic (exact) mass is 486 g/mol. The molecule has 2 aliphatic carbocycles. The summed E-state index contributed by atoms with van der Waals surface area (Å²) in [6, 6.07) is 12.6. The lowest BCUT2D eigenvalue weighted by atomic mass is 9.69. The molecule has 2 aliphatic rings. The van der Waals surface area contributed by atoms with Crippen LogP contribution in [0.15, 0.2) is 66.2 Å². The minimum atomic E-state index is -0.402. The Hall–Kier alpha value is -1.77. The predicted molar refractivity (Wildman–Crippen MR) is 137 cm³/mol. The zero-order valence-corrected chi connectivity index (χ0v) is 20.6.